The molecule has 6 nitrogen and oxygen atoms in total. The van der Waals surface area contributed by atoms with Crippen molar-refractivity contribution in [2.45, 2.75) is 51.6 Å². The first-order chi connectivity index (χ1) is 9.72. The molecule has 2 aromatic rings. The van der Waals surface area contributed by atoms with E-state index in [1.54, 1.807) is 0 Å². The van der Waals surface area contributed by atoms with E-state index < -0.39 is 0 Å². The number of hydrogen-bond donors (Lipinski definition) is 1. The van der Waals surface area contributed by atoms with Crippen molar-refractivity contribution >= 4 is 0 Å². The highest BCUT2D eigenvalue weighted by Crippen LogP contribution is 2.38. The molecule has 1 N–H and O–H groups in total. The van der Waals surface area contributed by atoms with Crippen LogP contribution >= 0.6 is 0 Å². The van der Waals surface area contributed by atoms with E-state index in [0.29, 0.717) is 12.0 Å². The van der Waals surface area contributed by atoms with Crippen LogP contribution in [0.2, 0.25) is 0 Å². The van der Waals surface area contributed by atoms with Crippen molar-refractivity contribution in [1.29, 1.82) is 0 Å². The highest BCUT2D eigenvalue weighted by Gasteiger charge is 2.29. The van der Waals surface area contributed by atoms with Gasteiger partial charge in [0.05, 0.1) is 0 Å². The Hall–Kier alpha value is -1.69. The molecule has 20 heavy (non-hydrogen) atoms. The Morgan fingerprint density at radius 3 is 3.05 bits per heavy atom. The highest BCUT2D eigenvalue weighted by molar-refractivity contribution is 5.01. The summed E-state index contributed by atoms with van der Waals surface area (Å²) in [4.78, 5) is 8.65. The summed E-state index contributed by atoms with van der Waals surface area (Å²) in [6.07, 6.45) is 7.04. The van der Waals surface area contributed by atoms with Gasteiger partial charge in [-0.2, -0.15) is 4.98 Å². The first-order valence-corrected chi connectivity index (χ1v) is 7.26. The van der Waals surface area contributed by atoms with Gasteiger partial charge in [0.2, 0.25) is 5.89 Å². The molecule has 0 aliphatic heterocycles. The maximum atomic E-state index is 5.25. The summed E-state index contributed by atoms with van der Waals surface area (Å²) in [6, 6.07) is 0.387. The first-order valence-electron chi connectivity index (χ1n) is 7.26. The van der Waals surface area contributed by atoms with Gasteiger partial charge in [-0.25, -0.2) is 4.98 Å². The fourth-order valence-corrected chi connectivity index (χ4v) is 2.25. The Morgan fingerprint density at radius 1 is 1.50 bits per heavy atom. The number of nitrogens with one attached hydrogen (secondary N) is 1. The zero-order valence-electron chi connectivity index (χ0n) is 12.0. The van der Waals surface area contributed by atoms with Crippen LogP contribution in [-0.2, 0) is 13.0 Å². The van der Waals surface area contributed by atoms with Crippen molar-refractivity contribution in [2.24, 2.45) is 0 Å². The van der Waals surface area contributed by atoms with Gasteiger partial charge in [-0.1, -0.05) is 5.16 Å². The van der Waals surface area contributed by atoms with Gasteiger partial charge in [-0.3, -0.25) is 0 Å². The van der Waals surface area contributed by atoms with Gasteiger partial charge in [-0.05, 0) is 26.7 Å². The minimum atomic E-state index is 0.387. The lowest BCUT2D eigenvalue weighted by atomic mass is 10.3. The fraction of sp³-hybridized carbons (Fsp3) is 0.643. The highest BCUT2D eigenvalue weighted by atomic mass is 16.5. The van der Waals surface area contributed by atoms with Gasteiger partial charge >= 0.3 is 0 Å². The van der Waals surface area contributed by atoms with E-state index in [9.17, 15) is 0 Å². The molecule has 0 saturated heterocycles. The Morgan fingerprint density at radius 2 is 2.35 bits per heavy atom. The predicted octanol–water partition coefficient (Wildman–Crippen LogP) is 1.67. The van der Waals surface area contributed by atoms with Crippen LogP contribution in [0.25, 0.3) is 0 Å². The lowest BCUT2D eigenvalue weighted by Gasteiger charge is -2.14. The molecule has 2 heterocycles. The Balaban J connectivity index is 1.41. The van der Waals surface area contributed by atoms with E-state index >= 15 is 0 Å². The molecule has 1 fully saturated rings. The number of imidazole rings is 1. The van der Waals surface area contributed by atoms with Crippen LogP contribution in [0, 0.1) is 6.92 Å². The van der Waals surface area contributed by atoms with Gasteiger partial charge < -0.3 is 14.4 Å². The van der Waals surface area contributed by atoms with Gasteiger partial charge in [0.25, 0.3) is 0 Å². The summed E-state index contributed by atoms with van der Waals surface area (Å²) in [7, 11) is 0. The molecule has 6 heteroatoms. The molecule has 0 amide bonds. The van der Waals surface area contributed by atoms with Gasteiger partial charge in [0, 0.05) is 43.9 Å². The summed E-state index contributed by atoms with van der Waals surface area (Å²) in [5, 5.41) is 7.50. The molecule has 0 aromatic carbocycles. The molecular weight excluding hydrogens is 254 g/mol. The maximum absolute atomic E-state index is 5.25. The molecule has 3 rings (SSSR count). The summed E-state index contributed by atoms with van der Waals surface area (Å²) < 4.78 is 7.40. The lowest BCUT2D eigenvalue weighted by Crippen LogP contribution is -2.32. The van der Waals surface area contributed by atoms with Crippen molar-refractivity contribution in [2.75, 3.05) is 6.54 Å². The van der Waals surface area contributed by atoms with E-state index in [-0.39, 0.29) is 0 Å². The summed E-state index contributed by atoms with van der Waals surface area (Å²) in [5.41, 5.74) is 0. The molecule has 2 aromatic heterocycles. The molecule has 0 radical (unpaired) electrons. The molecule has 1 saturated carbocycles. The van der Waals surface area contributed by atoms with E-state index in [0.717, 1.165) is 37.0 Å². The van der Waals surface area contributed by atoms with Crippen molar-refractivity contribution in [3.63, 3.8) is 0 Å². The minimum absolute atomic E-state index is 0.387. The number of aromatic nitrogens is 4. The molecule has 1 aliphatic carbocycles. The van der Waals surface area contributed by atoms with Crippen LogP contribution in [0.5, 0.6) is 0 Å². The SMILES string of the molecule is Cc1nccn1CC(C)NCCc1noc(C2CC2)n1. The van der Waals surface area contributed by atoms with Gasteiger partial charge in [-0.15, -0.1) is 0 Å². The zero-order valence-corrected chi connectivity index (χ0v) is 12.0. The van der Waals surface area contributed by atoms with Crippen LogP contribution in [0.1, 0.15) is 43.2 Å². The second-order valence-corrected chi connectivity index (χ2v) is 5.56. The van der Waals surface area contributed by atoms with Crippen molar-refractivity contribution in [1.82, 2.24) is 25.0 Å². The third kappa shape index (κ3) is 3.25. The summed E-state index contributed by atoms with van der Waals surface area (Å²) in [5.74, 6) is 3.21. The topological polar surface area (TPSA) is 68.8 Å². The molecule has 0 bridgehead atoms. The smallest absolute Gasteiger partial charge is 0.229 e. The number of rotatable bonds is 7. The second kappa shape index (κ2) is 5.75. The largest absolute Gasteiger partial charge is 0.339 e. The monoisotopic (exact) mass is 275 g/mol. The second-order valence-electron chi connectivity index (χ2n) is 5.56. The number of nitrogens with zero attached hydrogens (tertiary/aromatic N) is 4. The lowest BCUT2D eigenvalue weighted by molar-refractivity contribution is 0.373. The third-order valence-electron chi connectivity index (χ3n) is 3.65. The number of aryl methyl sites for hydroxylation is 1. The molecule has 1 atom stereocenters. The Labute approximate surface area is 118 Å². The Kier molecular flexibility index (Phi) is 3.82. The van der Waals surface area contributed by atoms with Crippen molar-refractivity contribution in [3.05, 3.63) is 29.9 Å². The normalized spacial score (nSPS) is 16.5. The fourth-order valence-electron chi connectivity index (χ4n) is 2.25. The van der Waals surface area contributed by atoms with Crippen LogP contribution in [0.4, 0.5) is 0 Å². The van der Waals surface area contributed by atoms with Crippen LogP contribution in [0.3, 0.4) is 0 Å². The first kappa shape index (κ1) is 13.3. The zero-order chi connectivity index (χ0) is 13.9. The van der Waals surface area contributed by atoms with Crippen LogP contribution in [0.15, 0.2) is 16.9 Å². The maximum Gasteiger partial charge on any atom is 0.229 e. The van der Waals surface area contributed by atoms with Crippen LogP contribution in [-0.4, -0.2) is 32.3 Å². The molecule has 108 valence electrons. The average molecular weight is 275 g/mol. The number of hydrogen-bond acceptors (Lipinski definition) is 5. The van der Waals surface area contributed by atoms with Crippen molar-refractivity contribution in [3.8, 4) is 0 Å². The van der Waals surface area contributed by atoms with E-state index in [1.165, 1.54) is 12.8 Å². The predicted molar refractivity (Wildman–Crippen MR) is 74.4 cm³/mol. The third-order valence-corrected chi connectivity index (χ3v) is 3.65. The Bertz CT molecular complexity index is 557. The van der Waals surface area contributed by atoms with Crippen LogP contribution < -0.4 is 5.32 Å². The van der Waals surface area contributed by atoms with E-state index in [2.05, 4.69) is 31.9 Å². The molecule has 1 unspecified atom stereocenters. The molecular formula is C14H21N5O. The average Bonchev–Trinajstić information content (AvgIpc) is 3.05. The summed E-state index contributed by atoms with van der Waals surface area (Å²) >= 11 is 0. The standard InChI is InChI=1S/C14H21N5O/c1-10(9-19-8-7-16-11(19)2)15-6-5-13-17-14(20-18-13)12-3-4-12/h7-8,10,12,15H,3-6,9H2,1-2H3. The van der Waals surface area contributed by atoms with E-state index in [1.807, 2.05) is 19.3 Å². The minimum Gasteiger partial charge on any atom is -0.339 e. The summed E-state index contributed by atoms with van der Waals surface area (Å²) in [6.45, 7) is 5.97. The molecule has 1 aliphatic rings. The van der Waals surface area contributed by atoms with E-state index in [4.69, 9.17) is 4.52 Å². The van der Waals surface area contributed by atoms with Gasteiger partial charge in [0.15, 0.2) is 5.82 Å². The quantitative estimate of drug-likeness (QED) is 0.832. The molecule has 0 spiro atoms. The van der Waals surface area contributed by atoms with Gasteiger partial charge in [0.1, 0.15) is 5.82 Å². The van der Waals surface area contributed by atoms with Crippen molar-refractivity contribution < 1.29 is 4.52 Å².